The van der Waals surface area contributed by atoms with Crippen molar-refractivity contribution in [2.45, 2.75) is 18.4 Å². The predicted octanol–water partition coefficient (Wildman–Crippen LogP) is 3.84. The van der Waals surface area contributed by atoms with Gasteiger partial charge in [0.2, 0.25) is 0 Å². The fourth-order valence-electron chi connectivity index (χ4n) is 1.68. The Kier molecular flexibility index (Phi) is 5.38. The third-order valence-electron chi connectivity index (χ3n) is 2.78. The summed E-state index contributed by atoms with van der Waals surface area (Å²) in [4.78, 5) is 5.09. The Morgan fingerprint density at radius 2 is 2.00 bits per heavy atom. The first-order chi connectivity index (χ1) is 9.74. The number of hydrogen-bond acceptors (Lipinski definition) is 4. The van der Waals surface area contributed by atoms with Gasteiger partial charge in [-0.25, -0.2) is 9.37 Å². The Morgan fingerprint density at radius 1 is 1.25 bits per heavy atom. The molecule has 1 aromatic heterocycles. The number of rotatable bonds is 6. The predicted molar refractivity (Wildman–Crippen MR) is 79.9 cm³/mol. The van der Waals surface area contributed by atoms with Crippen LogP contribution in [0.4, 0.5) is 4.39 Å². The van der Waals surface area contributed by atoms with Crippen molar-refractivity contribution in [3.8, 4) is 11.6 Å². The number of benzene rings is 1. The third kappa shape index (κ3) is 3.71. The number of aromatic nitrogens is 1. The summed E-state index contributed by atoms with van der Waals surface area (Å²) in [5, 5.41) is 3.09. The average Bonchev–Trinajstić information content (AvgIpc) is 2.49. The molecule has 0 aliphatic carbocycles. The van der Waals surface area contributed by atoms with Gasteiger partial charge in [0, 0.05) is 23.2 Å². The minimum Gasteiger partial charge on any atom is -0.436 e. The smallest absolute Gasteiger partial charge is 0.256 e. The van der Waals surface area contributed by atoms with E-state index in [2.05, 4.69) is 10.3 Å². The molecule has 20 heavy (non-hydrogen) atoms. The molecule has 0 amide bonds. The van der Waals surface area contributed by atoms with E-state index in [0.717, 1.165) is 11.4 Å². The number of halogens is 1. The first-order valence-electron chi connectivity index (χ1n) is 6.40. The molecule has 1 aromatic carbocycles. The van der Waals surface area contributed by atoms with Crippen molar-refractivity contribution in [3.05, 3.63) is 47.9 Å². The molecule has 3 nitrogen and oxygen atoms in total. The summed E-state index contributed by atoms with van der Waals surface area (Å²) in [7, 11) is 0. The van der Waals surface area contributed by atoms with Gasteiger partial charge in [-0.3, -0.25) is 0 Å². The molecule has 2 rings (SSSR count). The highest BCUT2D eigenvalue weighted by Gasteiger charge is 2.11. The largest absolute Gasteiger partial charge is 0.436 e. The van der Waals surface area contributed by atoms with E-state index in [-0.39, 0.29) is 5.88 Å². The van der Waals surface area contributed by atoms with Crippen molar-refractivity contribution < 1.29 is 9.13 Å². The van der Waals surface area contributed by atoms with Crippen LogP contribution in [0.1, 0.15) is 12.5 Å². The average molecular weight is 292 g/mol. The number of ether oxygens (including phenoxy) is 1. The van der Waals surface area contributed by atoms with Crippen LogP contribution in [0, 0.1) is 5.82 Å². The summed E-state index contributed by atoms with van der Waals surface area (Å²) >= 11 is 1.64. The minimum absolute atomic E-state index is 0.0114. The van der Waals surface area contributed by atoms with Gasteiger partial charge in [-0.05, 0) is 43.1 Å². The molecule has 0 fully saturated rings. The van der Waals surface area contributed by atoms with Gasteiger partial charge in [0.1, 0.15) is 5.75 Å². The Morgan fingerprint density at radius 3 is 2.65 bits per heavy atom. The van der Waals surface area contributed by atoms with Crippen LogP contribution in [0.2, 0.25) is 0 Å². The quantitative estimate of drug-likeness (QED) is 0.820. The van der Waals surface area contributed by atoms with Crippen LogP contribution >= 0.6 is 11.8 Å². The lowest BCUT2D eigenvalue weighted by Crippen LogP contribution is -2.13. The van der Waals surface area contributed by atoms with Crippen molar-refractivity contribution in [1.29, 1.82) is 0 Å². The zero-order valence-corrected chi connectivity index (χ0v) is 12.3. The number of nitrogens with one attached hydrogen (secondary N) is 1. The van der Waals surface area contributed by atoms with E-state index in [1.807, 2.05) is 37.4 Å². The maximum Gasteiger partial charge on any atom is 0.256 e. The molecule has 1 N–H and O–H groups in total. The molecule has 0 radical (unpaired) electrons. The van der Waals surface area contributed by atoms with E-state index in [4.69, 9.17) is 4.74 Å². The lowest BCUT2D eigenvalue weighted by atomic mass is 10.2. The van der Waals surface area contributed by atoms with Crippen molar-refractivity contribution in [2.24, 2.45) is 0 Å². The minimum atomic E-state index is -0.414. The Balaban J connectivity index is 2.15. The second-order valence-corrected chi connectivity index (χ2v) is 5.03. The third-order valence-corrected chi connectivity index (χ3v) is 3.52. The van der Waals surface area contributed by atoms with Crippen LogP contribution in [0.5, 0.6) is 11.6 Å². The topological polar surface area (TPSA) is 34.2 Å². The monoisotopic (exact) mass is 292 g/mol. The molecule has 0 atom stereocenters. The SMILES string of the molecule is CCNCc1ccnc(Oc2ccc(SC)cc2)c1F. The first kappa shape index (κ1) is 14.8. The molecule has 0 aliphatic rings. The fraction of sp³-hybridized carbons (Fsp3) is 0.267. The van der Waals surface area contributed by atoms with Crippen LogP contribution in [0.3, 0.4) is 0 Å². The van der Waals surface area contributed by atoms with E-state index in [9.17, 15) is 4.39 Å². The van der Waals surface area contributed by atoms with Crippen molar-refractivity contribution in [2.75, 3.05) is 12.8 Å². The lowest BCUT2D eigenvalue weighted by molar-refractivity contribution is 0.417. The van der Waals surface area contributed by atoms with Gasteiger partial charge in [0.25, 0.3) is 5.88 Å². The molecule has 0 unspecified atom stereocenters. The van der Waals surface area contributed by atoms with Crippen LogP contribution in [-0.2, 0) is 6.54 Å². The number of pyridine rings is 1. The van der Waals surface area contributed by atoms with Crippen LogP contribution in [0.15, 0.2) is 41.4 Å². The van der Waals surface area contributed by atoms with E-state index in [0.29, 0.717) is 17.9 Å². The van der Waals surface area contributed by atoms with Crippen molar-refractivity contribution in [1.82, 2.24) is 10.3 Å². The molecule has 0 aliphatic heterocycles. The van der Waals surface area contributed by atoms with Crippen LogP contribution in [-0.4, -0.2) is 17.8 Å². The van der Waals surface area contributed by atoms with Gasteiger partial charge in [0.05, 0.1) is 0 Å². The molecular weight excluding hydrogens is 275 g/mol. The van der Waals surface area contributed by atoms with E-state index < -0.39 is 5.82 Å². The highest BCUT2D eigenvalue weighted by atomic mass is 32.2. The van der Waals surface area contributed by atoms with E-state index >= 15 is 0 Å². The van der Waals surface area contributed by atoms with Gasteiger partial charge in [0.15, 0.2) is 5.82 Å². The molecule has 2 aromatic rings. The highest BCUT2D eigenvalue weighted by Crippen LogP contribution is 2.26. The first-order valence-corrected chi connectivity index (χ1v) is 7.63. The zero-order chi connectivity index (χ0) is 14.4. The van der Waals surface area contributed by atoms with Gasteiger partial charge in [-0.2, -0.15) is 0 Å². The molecular formula is C15H17FN2OS. The Hall–Kier alpha value is -1.59. The van der Waals surface area contributed by atoms with Crippen LogP contribution < -0.4 is 10.1 Å². The molecule has 1 heterocycles. The van der Waals surface area contributed by atoms with Crippen LogP contribution in [0.25, 0.3) is 0 Å². The lowest BCUT2D eigenvalue weighted by Gasteiger charge is -2.09. The van der Waals surface area contributed by atoms with Gasteiger partial charge in [-0.15, -0.1) is 11.8 Å². The Labute approximate surface area is 122 Å². The summed E-state index contributed by atoms with van der Waals surface area (Å²) in [5.74, 6) is 0.175. The molecule has 0 saturated heterocycles. The Bertz CT molecular complexity index is 560. The fourth-order valence-corrected chi connectivity index (χ4v) is 2.09. The summed E-state index contributed by atoms with van der Waals surface area (Å²) in [6.45, 7) is 3.23. The summed E-state index contributed by atoms with van der Waals surface area (Å²) in [6.07, 6.45) is 3.56. The number of nitrogens with zero attached hydrogens (tertiary/aromatic N) is 1. The van der Waals surface area contributed by atoms with Crippen molar-refractivity contribution >= 4 is 11.8 Å². The molecule has 0 spiro atoms. The van der Waals surface area contributed by atoms with E-state index in [1.54, 1.807) is 24.0 Å². The van der Waals surface area contributed by atoms with Gasteiger partial charge >= 0.3 is 0 Å². The standard InChI is InChI=1S/C15H17FN2OS/c1-3-17-10-11-8-9-18-15(14(11)16)19-12-4-6-13(20-2)7-5-12/h4-9,17H,3,10H2,1-2H3. The second-order valence-electron chi connectivity index (χ2n) is 4.15. The maximum absolute atomic E-state index is 14.2. The zero-order valence-electron chi connectivity index (χ0n) is 11.5. The highest BCUT2D eigenvalue weighted by molar-refractivity contribution is 7.98. The molecule has 106 valence electrons. The van der Waals surface area contributed by atoms with Gasteiger partial charge in [-0.1, -0.05) is 6.92 Å². The van der Waals surface area contributed by atoms with Crippen molar-refractivity contribution in [3.63, 3.8) is 0 Å². The molecule has 0 saturated carbocycles. The summed E-state index contributed by atoms with van der Waals surface area (Å²) in [6, 6.07) is 9.14. The number of thioether (sulfide) groups is 1. The normalized spacial score (nSPS) is 10.6. The maximum atomic E-state index is 14.2. The summed E-state index contributed by atoms with van der Waals surface area (Å²) in [5.41, 5.74) is 0.553. The summed E-state index contributed by atoms with van der Waals surface area (Å²) < 4.78 is 19.7. The number of hydrogen-bond donors (Lipinski definition) is 1. The molecule has 0 bridgehead atoms. The second kappa shape index (κ2) is 7.26. The van der Waals surface area contributed by atoms with Gasteiger partial charge < -0.3 is 10.1 Å². The van der Waals surface area contributed by atoms with E-state index in [1.165, 1.54) is 0 Å². The molecule has 5 heteroatoms.